The third-order valence-corrected chi connectivity index (χ3v) is 2.18. The van der Waals surface area contributed by atoms with E-state index in [4.69, 9.17) is 0 Å². The van der Waals surface area contributed by atoms with E-state index in [2.05, 4.69) is 4.98 Å². The van der Waals surface area contributed by atoms with Crippen LogP contribution in [0.4, 0.5) is 18.9 Å². The fraction of sp³-hybridized carbons (Fsp3) is 0.375. The van der Waals surface area contributed by atoms with E-state index in [0.29, 0.717) is 5.56 Å². The van der Waals surface area contributed by atoms with E-state index in [-0.39, 0.29) is 0 Å². The maximum atomic E-state index is 12.5. The first-order valence-electron chi connectivity index (χ1n) is 4.11. The molecule has 0 aliphatic heterocycles. The second-order valence-electron chi connectivity index (χ2n) is 3.28. The molecule has 1 aromatic heterocycles. The molecule has 0 atom stereocenters. The van der Waals surface area contributed by atoms with Crippen molar-refractivity contribution in [3.63, 3.8) is 0 Å². The lowest BCUT2D eigenvalue weighted by Gasteiger charge is -2.12. The van der Waals surface area contributed by atoms with Crippen molar-refractivity contribution in [2.45, 2.75) is 13.1 Å². The minimum Gasteiger partial charge on any atom is -0.282 e. The Bertz CT molecular complexity index is 496. The standard InChI is InChI=1S/C8H9F3N2O2S/c1-5-3-6(13-16(2,14)15)7(12-4-5)8(9,10)11/h3-4,13H,1-2H3. The summed E-state index contributed by atoms with van der Waals surface area (Å²) in [5.41, 5.74) is -1.38. The van der Waals surface area contributed by atoms with Crippen LogP contribution in [0.25, 0.3) is 0 Å². The zero-order valence-corrected chi connectivity index (χ0v) is 9.28. The van der Waals surface area contributed by atoms with Gasteiger partial charge < -0.3 is 0 Å². The molecule has 8 heteroatoms. The summed E-state index contributed by atoms with van der Waals surface area (Å²) in [5, 5.41) is 0. The van der Waals surface area contributed by atoms with Crippen molar-refractivity contribution in [1.82, 2.24) is 4.98 Å². The van der Waals surface area contributed by atoms with Gasteiger partial charge in [0.1, 0.15) is 0 Å². The quantitative estimate of drug-likeness (QED) is 0.875. The highest BCUT2D eigenvalue weighted by atomic mass is 32.2. The average molecular weight is 254 g/mol. The van der Waals surface area contributed by atoms with E-state index in [0.717, 1.165) is 18.5 Å². The number of nitrogens with zero attached hydrogens (tertiary/aromatic N) is 1. The summed E-state index contributed by atoms with van der Waals surface area (Å²) in [6.45, 7) is 1.51. The highest BCUT2D eigenvalue weighted by Gasteiger charge is 2.36. The Balaban J connectivity index is 3.30. The molecule has 0 spiro atoms. The molecule has 0 aliphatic carbocycles. The minimum absolute atomic E-state index is 0.430. The maximum Gasteiger partial charge on any atom is 0.435 e. The van der Waals surface area contributed by atoms with Crippen LogP contribution in [0.2, 0.25) is 0 Å². The van der Waals surface area contributed by atoms with Crippen molar-refractivity contribution in [2.24, 2.45) is 0 Å². The SMILES string of the molecule is Cc1cnc(C(F)(F)F)c(NS(C)(=O)=O)c1. The van der Waals surface area contributed by atoms with Gasteiger partial charge in [0.05, 0.1) is 11.9 Å². The van der Waals surface area contributed by atoms with Gasteiger partial charge in [-0.15, -0.1) is 0 Å². The summed E-state index contributed by atoms with van der Waals surface area (Å²) in [6, 6.07) is 1.08. The molecule has 0 unspecified atom stereocenters. The number of alkyl halides is 3. The van der Waals surface area contributed by atoms with Gasteiger partial charge in [0.2, 0.25) is 10.0 Å². The van der Waals surface area contributed by atoms with Gasteiger partial charge in [-0.05, 0) is 18.6 Å². The van der Waals surface area contributed by atoms with E-state index in [9.17, 15) is 21.6 Å². The van der Waals surface area contributed by atoms with Crippen LogP contribution in [-0.2, 0) is 16.2 Å². The number of hydrogen-bond donors (Lipinski definition) is 1. The Morgan fingerprint density at radius 1 is 1.38 bits per heavy atom. The van der Waals surface area contributed by atoms with Crippen molar-refractivity contribution in [2.75, 3.05) is 11.0 Å². The molecule has 0 amide bonds. The number of halogens is 3. The largest absolute Gasteiger partial charge is 0.435 e. The predicted molar refractivity (Wildman–Crippen MR) is 52.4 cm³/mol. The predicted octanol–water partition coefficient (Wildman–Crippen LogP) is 1.78. The van der Waals surface area contributed by atoms with Crippen LogP contribution < -0.4 is 4.72 Å². The molecule has 0 bridgehead atoms. The van der Waals surface area contributed by atoms with E-state index >= 15 is 0 Å². The normalized spacial score (nSPS) is 12.6. The Morgan fingerprint density at radius 3 is 2.38 bits per heavy atom. The van der Waals surface area contributed by atoms with E-state index in [1.807, 2.05) is 0 Å². The zero-order valence-electron chi connectivity index (χ0n) is 8.46. The van der Waals surface area contributed by atoms with E-state index in [1.165, 1.54) is 6.92 Å². The summed E-state index contributed by atoms with van der Waals surface area (Å²) in [5.74, 6) is 0. The first kappa shape index (κ1) is 12.8. The third kappa shape index (κ3) is 3.37. The molecule has 0 saturated heterocycles. The molecule has 0 aromatic carbocycles. The first-order chi connectivity index (χ1) is 7.09. The topological polar surface area (TPSA) is 59.1 Å². The molecule has 16 heavy (non-hydrogen) atoms. The molecule has 0 saturated carbocycles. The molecule has 1 N–H and O–H groups in total. The number of aromatic nitrogens is 1. The number of pyridine rings is 1. The smallest absolute Gasteiger partial charge is 0.282 e. The summed E-state index contributed by atoms with van der Waals surface area (Å²) in [6.07, 6.45) is -2.90. The van der Waals surface area contributed by atoms with Gasteiger partial charge in [-0.25, -0.2) is 13.4 Å². The van der Waals surface area contributed by atoms with Crippen LogP contribution in [0.15, 0.2) is 12.3 Å². The fourth-order valence-corrected chi connectivity index (χ4v) is 1.63. The molecular formula is C8H9F3N2O2S. The van der Waals surface area contributed by atoms with Gasteiger partial charge in [0.15, 0.2) is 5.69 Å². The van der Waals surface area contributed by atoms with Gasteiger partial charge in [-0.3, -0.25) is 4.72 Å². The first-order valence-corrected chi connectivity index (χ1v) is 6.00. The third-order valence-electron chi connectivity index (χ3n) is 1.59. The van der Waals surface area contributed by atoms with Gasteiger partial charge in [0, 0.05) is 6.20 Å². The number of nitrogens with one attached hydrogen (secondary N) is 1. The Labute approximate surface area is 90.6 Å². The summed E-state index contributed by atoms with van der Waals surface area (Å²) in [4.78, 5) is 3.18. The van der Waals surface area contributed by atoms with Gasteiger partial charge in [0.25, 0.3) is 0 Å². The lowest BCUT2D eigenvalue weighted by Crippen LogP contribution is -2.17. The second kappa shape index (κ2) is 3.93. The van der Waals surface area contributed by atoms with E-state index < -0.39 is 27.6 Å². The zero-order chi connectivity index (χ0) is 12.6. The van der Waals surface area contributed by atoms with Gasteiger partial charge in [-0.2, -0.15) is 13.2 Å². The molecule has 90 valence electrons. The van der Waals surface area contributed by atoms with Gasteiger partial charge >= 0.3 is 6.18 Å². The maximum absolute atomic E-state index is 12.5. The molecule has 0 fully saturated rings. The summed E-state index contributed by atoms with van der Waals surface area (Å²) >= 11 is 0. The van der Waals surface area contributed by atoms with Crippen molar-refractivity contribution in [3.8, 4) is 0 Å². The number of anilines is 1. The van der Waals surface area contributed by atoms with Crippen molar-refractivity contribution in [1.29, 1.82) is 0 Å². The molecular weight excluding hydrogens is 245 g/mol. The molecule has 1 rings (SSSR count). The molecule has 0 aliphatic rings. The van der Waals surface area contributed by atoms with Crippen molar-refractivity contribution < 1.29 is 21.6 Å². The highest BCUT2D eigenvalue weighted by molar-refractivity contribution is 7.92. The van der Waals surface area contributed by atoms with Crippen LogP contribution in [0.5, 0.6) is 0 Å². The second-order valence-corrected chi connectivity index (χ2v) is 5.03. The lowest BCUT2D eigenvalue weighted by atomic mass is 10.2. The lowest BCUT2D eigenvalue weighted by molar-refractivity contribution is -0.140. The molecule has 0 radical (unpaired) electrons. The van der Waals surface area contributed by atoms with Crippen molar-refractivity contribution in [3.05, 3.63) is 23.5 Å². The average Bonchev–Trinajstić information content (AvgIpc) is 1.97. The van der Waals surface area contributed by atoms with Crippen LogP contribution >= 0.6 is 0 Å². The van der Waals surface area contributed by atoms with Gasteiger partial charge in [-0.1, -0.05) is 0 Å². The number of rotatable bonds is 2. The Hall–Kier alpha value is -1.31. The van der Waals surface area contributed by atoms with Crippen molar-refractivity contribution >= 4 is 15.7 Å². The number of sulfonamides is 1. The molecule has 1 aromatic rings. The summed E-state index contributed by atoms with van der Waals surface area (Å²) in [7, 11) is -3.77. The summed E-state index contributed by atoms with van der Waals surface area (Å²) < 4.78 is 60.9. The Morgan fingerprint density at radius 2 is 1.94 bits per heavy atom. The van der Waals surface area contributed by atoms with Crippen LogP contribution in [0.3, 0.4) is 0 Å². The minimum atomic E-state index is -4.69. The van der Waals surface area contributed by atoms with Crippen LogP contribution in [0.1, 0.15) is 11.3 Å². The number of hydrogen-bond acceptors (Lipinski definition) is 3. The molecule has 4 nitrogen and oxygen atoms in total. The highest BCUT2D eigenvalue weighted by Crippen LogP contribution is 2.33. The van der Waals surface area contributed by atoms with Crippen LogP contribution in [-0.4, -0.2) is 19.7 Å². The van der Waals surface area contributed by atoms with Crippen LogP contribution in [0, 0.1) is 6.92 Å². The number of aryl methyl sites for hydroxylation is 1. The fourth-order valence-electron chi connectivity index (χ4n) is 1.07. The monoisotopic (exact) mass is 254 g/mol. The van der Waals surface area contributed by atoms with E-state index in [1.54, 1.807) is 4.72 Å². The molecule has 1 heterocycles. The Kier molecular flexibility index (Phi) is 3.13.